The summed E-state index contributed by atoms with van der Waals surface area (Å²) in [5.74, 6) is 2.02. The van der Waals surface area contributed by atoms with E-state index >= 15 is 14.4 Å². The highest BCUT2D eigenvalue weighted by molar-refractivity contribution is 6.23. The van der Waals surface area contributed by atoms with Gasteiger partial charge in [0.25, 0.3) is 0 Å². The van der Waals surface area contributed by atoms with Crippen LogP contribution in [0.1, 0.15) is 51.7 Å². The van der Waals surface area contributed by atoms with E-state index in [9.17, 15) is 14.7 Å². The smallest absolute Gasteiger partial charge is 0.421 e. The molecular weight excluding hydrogens is 805 g/mol. The first kappa shape index (κ1) is 42.2. The zero-order chi connectivity index (χ0) is 44.1. The van der Waals surface area contributed by atoms with Gasteiger partial charge in [0.15, 0.2) is 0 Å². The molecule has 5 N–H and O–H groups in total. The number of fused-ring (bicyclic) bond motifs is 3. The molecule has 15 nitrogen and oxygen atoms in total. The van der Waals surface area contributed by atoms with Crippen molar-refractivity contribution < 1.29 is 43.3 Å². The molecule has 320 valence electrons. The number of aromatic hydroxyl groups is 1. The average molecular weight is 849 g/mol. The first-order valence-electron chi connectivity index (χ1n) is 20.4. The summed E-state index contributed by atoms with van der Waals surface area (Å²) in [5.41, 5.74) is 6.47. The van der Waals surface area contributed by atoms with Crippen molar-refractivity contribution in [3.63, 3.8) is 0 Å². The van der Waals surface area contributed by atoms with Gasteiger partial charge in [-0.25, -0.2) is 14.5 Å². The summed E-state index contributed by atoms with van der Waals surface area (Å²) in [6.45, 7) is -0.150. The Hall–Kier alpha value is -7.54. The first-order chi connectivity index (χ1) is 30.6. The van der Waals surface area contributed by atoms with Gasteiger partial charge in [0.05, 0.1) is 36.8 Å². The number of nitrogens with zero attached hydrogens (tertiary/aromatic N) is 3. The molecule has 8 rings (SSSR count). The van der Waals surface area contributed by atoms with Gasteiger partial charge in [-0.1, -0.05) is 90.7 Å². The summed E-state index contributed by atoms with van der Waals surface area (Å²) >= 11 is 0. The zero-order valence-corrected chi connectivity index (χ0v) is 34.2. The number of amides is 5. The van der Waals surface area contributed by atoms with Gasteiger partial charge in [-0.2, -0.15) is 0 Å². The number of carbonyl (C=O) groups excluding carboxylic acids is 5. The van der Waals surface area contributed by atoms with Crippen molar-refractivity contribution in [1.82, 2.24) is 20.5 Å². The van der Waals surface area contributed by atoms with Gasteiger partial charge < -0.3 is 35.7 Å². The normalized spacial score (nSPS) is 22.3. The zero-order valence-electron chi connectivity index (χ0n) is 34.2. The van der Waals surface area contributed by atoms with Gasteiger partial charge in [-0.3, -0.25) is 24.3 Å². The highest BCUT2D eigenvalue weighted by Gasteiger charge is 2.75. The van der Waals surface area contributed by atoms with Crippen molar-refractivity contribution in [2.75, 3.05) is 38.3 Å². The molecule has 1 spiro atoms. The third-order valence-electron chi connectivity index (χ3n) is 11.6. The minimum atomic E-state index is -2.06. The van der Waals surface area contributed by atoms with Gasteiger partial charge >= 0.3 is 18.1 Å². The molecule has 0 radical (unpaired) electrons. The number of anilines is 1. The van der Waals surface area contributed by atoms with Crippen molar-refractivity contribution >= 4 is 35.6 Å². The number of benzene rings is 4. The predicted molar refractivity (Wildman–Crippen MR) is 229 cm³/mol. The van der Waals surface area contributed by atoms with E-state index in [1.807, 2.05) is 77.7 Å². The Labute approximate surface area is 363 Å². The number of phenolic OH excluding ortho intramolecular Hbond substituents is 1. The Kier molecular flexibility index (Phi) is 12.2. The van der Waals surface area contributed by atoms with E-state index < -0.39 is 65.5 Å². The first-order valence-corrected chi connectivity index (χ1v) is 20.4. The van der Waals surface area contributed by atoms with Crippen molar-refractivity contribution in [3.05, 3.63) is 161 Å². The van der Waals surface area contributed by atoms with Crippen LogP contribution >= 0.6 is 0 Å². The number of ether oxygens (including phenoxy) is 3. The minimum Gasteiger partial charge on any atom is -0.508 e. The molecule has 4 aromatic carbocycles. The number of hydrogen-bond donors (Lipinski definition) is 4. The lowest BCUT2D eigenvalue weighted by atomic mass is 9.65. The van der Waals surface area contributed by atoms with Crippen LogP contribution in [0.4, 0.5) is 15.3 Å². The largest absolute Gasteiger partial charge is 0.508 e. The van der Waals surface area contributed by atoms with Crippen LogP contribution in [-0.4, -0.2) is 84.4 Å². The fourth-order valence-electron chi connectivity index (χ4n) is 9.15. The van der Waals surface area contributed by atoms with E-state index in [0.717, 1.165) is 10.5 Å². The number of hydrogen-bond acceptors (Lipinski definition) is 11. The second-order valence-corrected chi connectivity index (χ2v) is 15.2. The van der Waals surface area contributed by atoms with Gasteiger partial charge in [0.1, 0.15) is 29.9 Å². The SMILES string of the molecule is COCCOC(=O)N1C(=O)C2(c3cc(C#CCNC(N)=O)ccc31)C(C(=O)NCCc1ccccn1)C1C(=O)OC(c3ccccc3)C(c3ccccc3)N1C2c1ccc(O)cc1. The molecule has 6 unspecified atom stereocenters. The Morgan fingerprint density at radius 3 is 2.25 bits per heavy atom. The summed E-state index contributed by atoms with van der Waals surface area (Å²) in [5, 5.41) is 16.1. The van der Waals surface area contributed by atoms with Gasteiger partial charge in [0.2, 0.25) is 11.8 Å². The molecule has 3 aliphatic rings. The molecule has 2 fully saturated rings. The van der Waals surface area contributed by atoms with Crippen molar-refractivity contribution in [2.24, 2.45) is 11.7 Å². The number of nitrogens with two attached hydrogens (primary N) is 1. The Morgan fingerprint density at radius 2 is 1.57 bits per heavy atom. The third kappa shape index (κ3) is 7.93. The number of carbonyl (C=O) groups is 5. The highest BCUT2D eigenvalue weighted by Crippen LogP contribution is 2.66. The lowest BCUT2D eigenvalue weighted by Gasteiger charge is -2.46. The monoisotopic (exact) mass is 848 g/mol. The maximum Gasteiger partial charge on any atom is 0.421 e. The number of pyridine rings is 1. The molecular formula is C48H44N6O9. The number of primary amides is 1. The number of methoxy groups -OCH3 is 1. The van der Waals surface area contributed by atoms with Crippen LogP contribution in [0.2, 0.25) is 0 Å². The van der Waals surface area contributed by atoms with Gasteiger partial charge in [0, 0.05) is 37.5 Å². The number of cyclic esters (lactones) is 1. The van der Waals surface area contributed by atoms with Crippen LogP contribution in [0, 0.1) is 17.8 Å². The standard InChI is InChI=1S/C48H44N6O9/c1-61-27-28-62-47(60)53-37-22-17-30(11-10-25-52-46(49)59)29-36(37)48(45(53)58)38(43(56)51-26-23-34-16-8-9-24-50-34)40-44(57)63-41(32-14-6-3-7-15-32)39(31-12-4-2-5-13-31)54(40)42(48)33-18-20-35(55)21-19-33/h2-9,12-22,24,29,38-42,55H,23,25-28H2,1H3,(H,51,56)(H3,49,52,59). The van der Waals surface area contributed by atoms with E-state index in [0.29, 0.717) is 28.8 Å². The summed E-state index contributed by atoms with van der Waals surface area (Å²) < 4.78 is 17.2. The molecule has 6 atom stereocenters. The lowest BCUT2D eigenvalue weighted by Crippen LogP contribution is -2.56. The molecule has 5 aromatic rings. The number of imide groups is 1. The Morgan fingerprint density at radius 1 is 0.857 bits per heavy atom. The maximum absolute atomic E-state index is 16.1. The molecule has 15 heteroatoms. The van der Waals surface area contributed by atoms with E-state index in [1.165, 1.54) is 19.2 Å². The van der Waals surface area contributed by atoms with E-state index in [1.54, 1.807) is 42.6 Å². The number of esters is 1. The molecule has 2 saturated heterocycles. The minimum absolute atomic E-state index is 0.0401. The fraction of sp³-hybridized carbons (Fsp3) is 0.250. The number of phenols is 1. The molecule has 4 heterocycles. The summed E-state index contributed by atoms with van der Waals surface area (Å²) in [6.07, 6.45) is 0.0257. The fourth-order valence-corrected chi connectivity index (χ4v) is 9.15. The number of aromatic nitrogens is 1. The third-order valence-corrected chi connectivity index (χ3v) is 11.6. The molecule has 1 aromatic heterocycles. The van der Waals surface area contributed by atoms with Crippen LogP contribution < -0.4 is 21.3 Å². The molecule has 0 aliphatic carbocycles. The maximum atomic E-state index is 16.1. The quantitative estimate of drug-likeness (QED) is 0.0821. The molecule has 3 aliphatic heterocycles. The Balaban J connectivity index is 1.41. The molecule has 0 saturated carbocycles. The topological polar surface area (TPSA) is 203 Å². The van der Waals surface area contributed by atoms with Crippen molar-refractivity contribution in [3.8, 4) is 17.6 Å². The van der Waals surface area contributed by atoms with Crippen molar-refractivity contribution in [2.45, 2.75) is 36.1 Å². The van der Waals surface area contributed by atoms with Crippen LogP contribution in [0.15, 0.2) is 128 Å². The van der Waals surface area contributed by atoms with Gasteiger partial charge in [-0.05, 0) is 64.7 Å². The van der Waals surface area contributed by atoms with Gasteiger partial charge in [-0.15, -0.1) is 0 Å². The summed E-state index contributed by atoms with van der Waals surface area (Å²) in [6, 6.07) is 30.9. The van der Waals surface area contributed by atoms with Crippen LogP contribution in [-0.2, 0) is 40.4 Å². The summed E-state index contributed by atoms with van der Waals surface area (Å²) in [4.78, 5) is 79.6. The number of nitrogens with one attached hydrogen (secondary N) is 2. The molecule has 5 amide bonds. The average Bonchev–Trinajstić information content (AvgIpc) is 3.75. The van der Waals surface area contributed by atoms with Crippen LogP contribution in [0.5, 0.6) is 5.75 Å². The second-order valence-electron chi connectivity index (χ2n) is 15.2. The lowest BCUT2D eigenvalue weighted by molar-refractivity contribution is -0.178. The second kappa shape index (κ2) is 18.2. The predicted octanol–water partition coefficient (Wildman–Crippen LogP) is 4.61. The van der Waals surface area contributed by atoms with Crippen molar-refractivity contribution in [1.29, 1.82) is 0 Å². The molecule has 0 bridgehead atoms. The number of morpholine rings is 1. The summed E-state index contributed by atoms with van der Waals surface area (Å²) in [7, 11) is 1.44. The Bertz CT molecular complexity index is 2570. The highest BCUT2D eigenvalue weighted by atomic mass is 16.6. The number of urea groups is 1. The molecule has 63 heavy (non-hydrogen) atoms. The van der Waals surface area contributed by atoms with Crippen LogP contribution in [0.3, 0.4) is 0 Å². The number of rotatable bonds is 11. The van der Waals surface area contributed by atoms with Crippen LogP contribution in [0.25, 0.3) is 0 Å². The van der Waals surface area contributed by atoms with E-state index in [4.69, 9.17) is 19.9 Å². The van der Waals surface area contributed by atoms with E-state index in [2.05, 4.69) is 27.5 Å². The van der Waals surface area contributed by atoms with E-state index in [-0.39, 0.29) is 43.3 Å².